The lowest BCUT2D eigenvalue weighted by Crippen LogP contribution is -2.70. The minimum absolute atomic E-state index is 1.91. The van der Waals surface area contributed by atoms with Crippen molar-refractivity contribution in [3.63, 3.8) is 0 Å². The van der Waals surface area contributed by atoms with E-state index in [1.54, 1.807) is 0 Å². The summed E-state index contributed by atoms with van der Waals surface area (Å²) in [4.78, 5) is 0. The fraction of sp³-hybridized carbons (Fsp3) is 1.00. The molecule has 0 saturated heterocycles. The summed E-state index contributed by atoms with van der Waals surface area (Å²) in [5.41, 5.74) is 0. The molecule has 0 spiro atoms. The van der Waals surface area contributed by atoms with Crippen molar-refractivity contribution >= 4 is 33.4 Å². The standard InChI is InChI=1S/C8H2Cl2F13Si/c9-3(10,24)1-2(11,12)4(13,14)5(15,16)6(17,18)7(19,20)8(21,22)23/h1H2. The van der Waals surface area contributed by atoms with Gasteiger partial charge in [-0.25, -0.2) is 0 Å². The lowest BCUT2D eigenvalue weighted by molar-refractivity contribution is -0.440. The SMILES string of the molecule is FC(F)(F)C(F)(F)C(F)(F)C(F)(F)C(F)(F)C(F)(F)CC([Si])(Cl)Cl. The molecule has 0 nitrogen and oxygen atoms in total. The van der Waals surface area contributed by atoms with Crippen LogP contribution in [-0.4, -0.2) is 50.0 Å². The van der Waals surface area contributed by atoms with Gasteiger partial charge < -0.3 is 0 Å². The summed E-state index contributed by atoms with van der Waals surface area (Å²) in [6, 6.07) is 0. The van der Waals surface area contributed by atoms with E-state index in [0.29, 0.717) is 0 Å². The zero-order valence-corrected chi connectivity index (χ0v) is 12.9. The van der Waals surface area contributed by atoms with Crippen LogP contribution in [0.25, 0.3) is 0 Å². The molecule has 0 atom stereocenters. The van der Waals surface area contributed by atoms with Crippen molar-refractivity contribution in [3.05, 3.63) is 0 Å². The molecule has 0 aromatic heterocycles. The van der Waals surface area contributed by atoms with Crippen molar-refractivity contribution in [2.45, 2.75) is 46.2 Å². The van der Waals surface area contributed by atoms with Gasteiger partial charge in [0.1, 0.15) is 3.96 Å². The maximum absolute atomic E-state index is 13.1. The van der Waals surface area contributed by atoms with Gasteiger partial charge in [0.2, 0.25) is 0 Å². The normalized spacial score (nSPS) is 16.5. The molecule has 3 radical (unpaired) electrons. The van der Waals surface area contributed by atoms with E-state index < -0.39 is 46.2 Å². The molecule has 0 heterocycles. The molecule has 143 valence electrons. The van der Waals surface area contributed by atoms with Crippen LogP contribution in [-0.2, 0) is 0 Å². The van der Waals surface area contributed by atoms with Crippen molar-refractivity contribution in [1.29, 1.82) is 0 Å². The van der Waals surface area contributed by atoms with E-state index in [9.17, 15) is 57.1 Å². The minimum atomic E-state index is -7.93. The van der Waals surface area contributed by atoms with E-state index in [4.69, 9.17) is 23.2 Å². The minimum Gasteiger partial charge on any atom is -0.200 e. The van der Waals surface area contributed by atoms with Crippen molar-refractivity contribution < 1.29 is 57.1 Å². The Morgan fingerprint density at radius 2 is 0.833 bits per heavy atom. The first-order valence-electron chi connectivity index (χ1n) is 5.04. The van der Waals surface area contributed by atoms with Crippen molar-refractivity contribution in [1.82, 2.24) is 0 Å². The quantitative estimate of drug-likeness (QED) is 0.292. The van der Waals surface area contributed by atoms with Gasteiger partial charge in [-0.1, -0.05) is 0 Å². The highest BCUT2D eigenvalue weighted by Gasteiger charge is 2.90. The first-order valence-corrected chi connectivity index (χ1v) is 6.30. The van der Waals surface area contributed by atoms with Crippen LogP contribution >= 0.6 is 23.2 Å². The van der Waals surface area contributed by atoms with Crippen molar-refractivity contribution in [3.8, 4) is 0 Å². The zero-order chi connectivity index (χ0) is 20.2. The molecule has 16 heteroatoms. The molecule has 0 aromatic rings. The number of hydrogen-bond donors (Lipinski definition) is 0. The van der Waals surface area contributed by atoms with Gasteiger partial charge in [-0.3, -0.25) is 0 Å². The smallest absolute Gasteiger partial charge is 0.200 e. The first kappa shape index (κ1) is 23.9. The number of hydrogen-bond acceptors (Lipinski definition) is 0. The molecule has 0 bridgehead atoms. The lowest BCUT2D eigenvalue weighted by Gasteiger charge is -2.40. The number of rotatable bonds is 6. The van der Waals surface area contributed by atoms with Crippen LogP contribution < -0.4 is 0 Å². The molecule has 0 saturated carbocycles. The molecular formula is C8H2Cl2F13Si. The largest absolute Gasteiger partial charge is 0.460 e. The number of halogens is 15. The van der Waals surface area contributed by atoms with Gasteiger partial charge in [-0.05, 0) is 0 Å². The third-order valence-electron chi connectivity index (χ3n) is 2.44. The van der Waals surface area contributed by atoms with Crippen LogP contribution in [0.3, 0.4) is 0 Å². The highest BCUT2D eigenvalue weighted by Crippen LogP contribution is 2.61. The molecule has 0 N–H and O–H groups in total. The van der Waals surface area contributed by atoms with E-state index in [1.807, 2.05) is 10.2 Å². The fourth-order valence-electron chi connectivity index (χ4n) is 1.19. The summed E-state index contributed by atoms with van der Waals surface area (Å²) in [7, 11) is 1.91. The summed E-state index contributed by atoms with van der Waals surface area (Å²) in [5.74, 6) is -37.2. The van der Waals surface area contributed by atoms with Gasteiger partial charge >= 0.3 is 35.8 Å². The second kappa shape index (κ2) is 5.96. The Kier molecular flexibility index (Phi) is 5.93. The molecule has 0 amide bonds. The molecule has 0 aliphatic carbocycles. The molecule has 0 fully saturated rings. The molecule has 24 heavy (non-hydrogen) atoms. The van der Waals surface area contributed by atoms with Crippen LogP contribution in [0.2, 0.25) is 0 Å². The zero-order valence-electron chi connectivity index (χ0n) is 10.4. The van der Waals surface area contributed by atoms with Gasteiger partial charge in [-0.2, -0.15) is 57.1 Å². The second-order valence-electron chi connectivity index (χ2n) is 4.38. The lowest BCUT2D eigenvalue weighted by atomic mass is 9.93. The Bertz CT molecular complexity index is 464. The first-order chi connectivity index (χ1) is 9.96. The van der Waals surface area contributed by atoms with Crippen LogP contribution in [0, 0.1) is 0 Å². The van der Waals surface area contributed by atoms with Gasteiger partial charge in [0.05, 0.1) is 10.2 Å². The molecule has 0 unspecified atom stereocenters. The Morgan fingerprint density at radius 3 is 1.08 bits per heavy atom. The Hall–Kier alpha value is -0.113. The maximum Gasteiger partial charge on any atom is 0.460 e. The molecular weight excluding hydrogens is 442 g/mol. The van der Waals surface area contributed by atoms with Crippen molar-refractivity contribution in [2.24, 2.45) is 0 Å². The van der Waals surface area contributed by atoms with Crippen LogP contribution in [0.5, 0.6) is 0 Å². The van der Waals surface area contributed by atoms with Crippen LogP contribution in [0.15, 0.2) is 0 Å². The van der Waals surface area contributed by atoms with Gasteiger partial charge in [0.15, 0.2) is 0 Å². The molecule has 0 aromatic carbocycles. The summed E-state index contributed by atoms with van der Waals surface area (Å²) in [6.45, 7) is 0. The summed E-state index contributed by atoms with van der Waals surface area (Å²) in [6.07, 6.45) is -10.2. The molecule has 0 aliphatic rings. The van der Waals surface area contributed by atoms with E-state index >= 15 is 0 Å². The van der Waals surface area contributed by atoms with E-state index in [2.05, 4.69) is 0 Å². The summed E-state index contributed by atoms with van der Waals surface area (Å²) < 4.78 is 161. The Labute approximate surface area is 137 Å². The van der Waals surface area contributed by atoms with Crippen LogP contribution in [0.1, 0.15) is 6.42 Å². The summed E-state index contributed by atoms with van der Waals surface area (Å²) >= 11 is 9.51. The Balaban J connectivity index is 6.21. The third-order valence-corrected chi connectivity index (χ3v) is 2.89. The van der Waals surface area contributed by atoms with E-state index in [0.717, 1.165) is 0 Å². The van der Waals surface area contributed by atoms with Gasteiger partial charge in [0, 0.05) is 6.42 Å². The third kappa shape index (κ3) is 3.69. The van der Waals surface area contributed by atoms with Gasteiger partial charge in [-0.15, -0.1) is 23.2 Å². The van der Waals surface area contributed by atoms with E-state index in [1.165, 1.54) is 0 Å². The average Bonchev–Trinajstić information content (AvgIpc) is 2.22. The molecule has 0 aliphatic heterocycles. The molecule has 0 rings (SSSR count). The van der Waals surface area contributed by atoms with Gasteiger partial charge in [0.25, 0.3) is 0 Å². The van der Waals surface area contributed by atoms with E-state index in [-0.39, 0.29) is 0 Å². The Morgan fingerprint density at radius 1 is 0.542 bits per heavy atom. The average molecular weight is 444 g/mol. The number of alkyl halides is 15. The van der Waals surface area contributed by atoms with Crippen molar-refractivity contribution in [2.75, 3.05) is 0 Å². The highest BCUT2D eigenvalue weighted by molar-refractivity contribution is 6.65. The predicted molar refractivity (Wildman–Crippen MR) is 55.6 cm³/mol. The second-order valence-corrected chi connectivity index (χ2v) is 7.35. The van der Waals surface area contributed by atoms with Crippen LogP contribution in [0.4, 0.5) is 57.1 Å². The monoisotopic (exact) mass is 443 g/mol. The topological polar surface area (TPSA) is 0 Å². The highest BCUT2D eigenvalue weighted by atomic mass is 35.5. The fourth-order valence-corrected chi connectivity index (χ4v) is 1.75. The summed E-state index contributed by atoms with van der Waals surface area (Å²) in [5, 5.41) is 0. The predicted octanol–water partition coefficient (Wildman–Crippen LogP) is 5.42. The maximum atomic E-state index is 13.1.